The van der Waals surface area contributed by atoms with Crippen LogP contribution in [-0.4, -0.2) is 31.7 Å². The molecular weight excluding hydrogens is 296 g/mol. The summed E-state index contributed by atoms with van der Waals surface area (Å²) in [6.07, 6.45) is 9.11. The summed E-state index contributed by atoms with van der Waals surface area (Å²) in [5, 5.41) is 0. The number of nitrogens with one attached hydrogen (secondary N) is 2. The highest BCUT2D eigenvalue weighted by atomic mass is 16.5. The van der Waals surface area contributed by atoms with Crippen LogP contribution >= 0.6 is 0 Å². The highest BCUT2D eigenvalue weighted by Crippen LogP contribution is 2.16. The summed E-state index contributed by atoms with van der Waals surface area (Å²) in [4.78, 5) is 36.7. The highest BCUT2D eigenvalue weighted by Gasteiger charge is 2.10. The van der Waals surface area contributed by atoms with Crippen LogP contribution in [0.25, 0.3) is 6.08 Å². The van der Waals surface area contributed by atoms with Gasteiger partial charge in [-0.1, -0.05) is 18.2 Å². The summed E-state index contributed by atoms with van der Waals surface area (Å²) in [5.74, 6) is -0.0737. The first-order valence-corrected chi connectivity index (χ1v) is 6.76. The minimum absolute atomic E-state index is 0.124. The number of esters is 1. The van der Waals surface area contributed by atoms with Crippen molar-refractivity contribution in [2.45, 2.75) is 0 Å². The minimum Gasteiger partial charge on any atom is -0.421 e. The molecule has 0 bridgehead atoms. The molecule has 0 aliphatic rings. The van der Waals surface area contributed by atoms with Crippen LogP contribution in [-0.2, 0) is 0 Å². The third-order valence-corrected chi connectivity index (χ3v) is 2.92. The number of rotatable bonds is 5. The van der Waals surface area contributed by atoms with E-state index in [0.717, 1.165) is 5.56 Å². The van der Waals surface area contributed by atoms with Gasteiger partial charge in [-0.25, -0.2) is 14.8 Å². The molecule has 0 unspecified atom stereocenters. The predicted octanol–water partition coefficient (Wildman–Crippen LogP) is 2.25. The number of aromatic nitrogens is 4. The maximum atomic E-state index is 11.8. The second kappa shape index (κ2) is 6.52. The molecule has 2 heterocycles. The molecule has 0 atom stereocenters. The Labute approximate surface area is 131 Å². The smallest absolute Gasteiger partial charge is 0.379 e. The molecule has 2 aromatic heterocycles. The van der Waals surface area contributed by atoms with Crippen molar-refractivity contribution in [3.63, 3.8) is 0 Å². The standard InChI is InChI=1S/C16H12N4O3/c21-13(14-17-6-7-18-14)5-4-11-2-1-3-12(10-11)23-16(22)15-19-8-9-20-15/h1-10H,(H,17,18)(H,19,20). The Hall–Kier alpha value is -3.48. The molecule has 7 nitrogen and oxygen atoms in total. The number of benzene rings is 1. The van der Waals surface area contributed by atoms with Crippen LogP contribution in [0.3, 0.4) is 0 Å². The third kappa shape index (κ3) is 3.59. The van der Waals surface area contributed by atoms with E-state index in [1.165, 1.54) is 24.7 Å². The lowest BCUT2D eigenvalue weighted by atomic mass is 10.2. The van der Waals surface area contributed by atoms with E-state index in [1.807, 2.05) is 0 Å². The first kappa shape index (κ1) is 14.5. The number of aromatic amines is 2. The molecule has 3 aromatic rings. The van der Waals surface area contributed by atoms with Crippen LogP contribution in [0.4, 0.5) is 0 Å². The van der Waals surface area contributed by atoms with Gasteiger partial charge in [-0.2, -0.15) is 0 Å². The number of H-pyrrole nitrogens is 2. The number of ketones is 1. The van der Waals surface area contributed by atoms with E-state index in [9.17, 15) is 9.59 Å². The van der Waals surface area contributed by atoms with Gasteiger partial charge in [0, 0.05) is 24.8 Å². The first-order chi connectivity index (χ1) is 11.2. The summed E-state index contributed by atoms with van der Waals surface area (Å²) in [5.41, 5.74) is 0.717. The largest absolute Gasteiger partial charge is 0.421 e. The molecular formula is C16H12N4O3. The molecule has 0 saturated heterocycles. The van der Waals surface area contributed by atoms with Gasteiger partial charge < -0.3 is 14.7 Å². The van der Waals surface area contributed by atoms with Gasteiger partial charge in [-0.15, -0.1) is 0 Å². The monoisotopic (exact) mass is 308 g/mol. The highest BCUT2D eigenvalue weighted by molar-refractivity contribution is 6.04. The third-order valence-electron chi connectivity index (χ3n) is 2.92. The van der Waals surface area contributed by atoms with Crippen LogP contribution in [0.5, 0.6) is 5.75 Å². The van der Waals surface area contributed by atoms with Crippen molar-refractivity contribution >= 4 is 17.8 Å². The van der Waals surface area contributed by atoms with Crippen LogP contribution in [0.15, 0.2) is 55.1 Å². The fourth-order valence-electron chi connectivity index (χ4n) is 1.86. The number of carbonyl (C=O) groups excluding carboxylic acids is 2. The quantitative estimate of drug-likeness (QED) is 0.326. The number of nitrogens with zero attached hydrogens (tertiary/aromatic N) is 2. The number of allylic oxidation sites excluding steroid dienone is 1. The number of ether oxygens (including phenoxy) is 1. The van der Waals surface area contributed by atoms with Crippen LogP contribution in [0.1, 0.15) is 26.8 Å². The molecule has 0 radical (unpaired) electrons. The average molecular weight is 308 g/mol. The Kier molecular flexibility index (Phi) is 4.10. The van der Waals surface area contributed by atoms with Crippen LogP contribution in [0, 0.1) is 0 Å². The van der Waals surface area contributed by atoms with Gasteiger partial charge in [0.05, 0.1) is 0 Å². The Morgan fingerprint density at radius 3 is 2.48 bits per heavy atom. The van der Waals surface area contributed by atoms with Gasteiger partial charge in [0.2, 0.25) is 11.6 Å². The number of hydrogen-bond acceptors (Lipinski definition) is 5. The minimum atomic E-state index is -0.581. The number of imidazole rings is 2. The Morgan fingerprint density at radius 1 is 1.04 bits per heavy atom. The summed E-state index contributed by atoms with van der Waals surface area (Å²) < 4.78 is 5.21. The topological polar surface area (TPSA) is 101 Å². The summed E-state index contributed by atoms with van der Waals surface area (Å²) in [6, 6.07) is 6.80. The van der Waals surface area contributed by atoms with E-state index in [1.54, 1.807) is 36.5 Å². The Balaban J connectivity index is 1.70. The van der Waals surface area contributed by atoms with Crippen molar-refractivity contribution in [3.05, 3.63) is 72.3 Å². The first-order valence-electron chi connectivity index (χ1n) is 6.76. The molecule has 7 heteroatoms. The van der Waals surface area contributed by atoms with Gasteiger partial charge in [0.15, 0.2) is 5.82 Å². The molecule has 0 saturated carbocycles. The summed E-state index contributed by atoms with van der Waals surface area (Å²) >= 11 is 0. The average Bonchev–Trinajstić information content (AvgIpc) is 3.25. The van der Waals surface area contributed by atoms with Crippen LogP contribution < -0.4 is 4.74 Å². The molecule has 1 aromatic carbocycles. The second-order valence-corrected chi connectivity index (χ2v) is 4.54. The molecule has 0 amide bonds. The number of carbonyl (C=O) groups is 2. The molecule has 0 spiro atoms. The maximum Gasteiger partial charge on any atom is 0.379 e. The lowest BCUT2D eigenvalue weighted by Crippen LogP contribution is -2.10. The van der Waals surface area contributed by atoms with E-state index in [-0.39, 0.29) is 17.4 Å². The molecule has 114 valence electrons. The van der Waals surface area contributed by atoms with E-state index in [0.29, 0.717) is 5.75 Å². The molecule has 2 N–H and O–H groups in total. The zero-order chi connectivity index (χ0) is 16.1. The fraction of sp³-hybridized carbons (Fsp3) is 0. The van der Waals surface area contributed by atoms with Crippen LogP contribution in [0.2, 0.25) is 0 Å². The maximum absolute atomic E-state index is 11.8. The van der Waals surface area contributed by atoms with Gasteiger partial charge >= 0.3 is 5.97 Å². The van der Waals surface area contributed by atoms with Crippen molar-refractivity contribution in [3.8, 4) is 5.75 Å². The summed E-state index contributed by atoms with van der Waals surface area (Å²) in [6.45, 7) is 0. The lowest BCUT2D eigenvalue weighted by molar-refractivity contribution is 0.0723. The van der Waals surface area contributed by atoms with Crippen molar-refractivity contribution < 1.29 is 14.3 Å². The van der Waals surface area contributed by atoms with Gasteiger partial charge in [-0.05, 0) is 23.8 Å². The van der Waals surface area contributed by atoms with E-state index < -0.39 is 5.97 Å². The summed E-state index contributed by atoms with van der Waals surface area (Å²) in [7, 11) is 0. The zero-order valence-corrected chi connectivity index (χ0v) is 11.9. The van der Waals surface area contributed by atoms with Crippen molar-refractivity contribution in [2.24, 2.45) is 0 Å². The molecule has 23 heavy (non-hydrogen) atoms. The Morgan fingerprint density at radius 2 is 1.78 bits per heavy atom. The normalized spacial score (nSPS) is 10.8. The van der Waals surface area contributed by atoms with E-state index in [2.05, 4.69) is 19.9 Å². The fourth-order valence-corrected chi connectivity index (χ4v) is 1.86. The van der Waals surface area contributed by atoms with Crippen molar-refractivity contribution in [1.82, 2.24) is 19.9 Å². The van der Waals surface area contributed by atoms with Gasteiger partial charge in [-0.3, -0.25) is 4.79 Å². The second-order valence-electron chi connectivity index (χ2n) is 4.54. The van der Waals surface area contributed by atoms with E-state index in [4.69, 9.17) is 4.74 Å². The molecule has 3 rings (SSSR count). The number of hydrogen-bond donors (Lipinski definition) is 2. The lowest BCUT2D eigenvalue weighted by Gasteiger charge is -2.03. The molecule has 0 fully saturated rings. The van der Waals surface area contributed by atoms with Crippen molar-refractivity contribution in [1.29, 1.82) is 0 Å². The van der Waals surface area contributed by atoms with Crippen molar-refractivity contribution in [2.75, 3.05) is 0 Å². The predicted molar refractivity (Wildman–Crippen MR) is 81.9 cm³/mol. The molecule has 0 aliphatic heterocycles. The van der Waals surface area contributed by atoms with Gasteiger partial charge in [0.1, 0.15) is 5.75 Å². The molecule has 0 aliphatic carbocycles. The van der Waals surface area contributed by atoms with E-state index >= 15 is 0 Å². The zero-order valence-electron chi connectivity index (χ0n) is 11.9. The SMILES string of the molecule is O=C(C=Cc1cccc(OC(=O)c2ncc[nH]2)c1)c1ncc[nH]1. The Bertz CT molecular complexity index is 836. The van der Waals surface area contributed by atoms with Gasteiger partial charge in [0.25, 0.3) is 0 Å².